The number of carbonyl (C=O) groups is 2. The molecule has 0 saturated heterocycles. The van der Waals surface area contributed by atoms with E-state index in [0.717, 1.165) is 10.4 Å². The molecule has 1 amide bonds. The van der Waals surface area contributed by atoms with Crippen LogP contribution in [-0.2, 0) is 6.42 Å². The summed E-state index contributed by atoms with van der Waals surface area (Å²) >= 11 is 2.72. The predicted molar refractivity (Wildman–Crippen MR) is 116 cm³/mol. The number of amides is 1. The fraction of sp³-hybridized carbons (Fsp3) is 0.227. The van der Waals surface area contributed by atoms with E-state index < -0.39 is 0 Å². The van der Waals surface area contributed by atoms with Crippen molar-refractivity contribution in [3.8, 4) is 16.2 Å². The number of fused-ring (bicyclic) bond motifs is 1. The Bertz CT molecular complexity index is 1130. The highest BCUT2D eigenvalue weighted by atomic mass is 32.2. The number of Topliss-reactive ketones (excluding diaryl/α,β-unsaturated/α-hetero) is 1. The van der Waals surface area contributed by atoms with Gasteiger partial charge in [0.15, 0.2) is 5.78 Å². The van der Waals surface area contributed by atoms with Gasteiger partial charge in [0, 0.05) is 28.6 Å². The van der Waals surface area contributed by atoms with Crippen LogP contribution >= 0.6 is 23.1 Å². The Balaban J connectivity index is 1.50. The van der Waals surface area contributed by atoms with Crippen molar-refractivity contribution in [3.05, 3.63) is 64.4 Å². The van der Waals surface area contributed by atoms with Crippen molar-refractivity contribution in [3.63, 3.8) is 0 Å². The molecule has 0 bridgehead atoms. The second kappa shape index (κ2) is 8.57. The van der Waals surface area contributed by atoms with Gasteiger partial charge in [-0.2, -0.15) is 0 Å². The first-order valence-corrected chi connectivity index (χ1v) is 11.4. The van der Waals surface area contributed by atoms with Crippen molar-refractivity contribution in [2.75, 3.05) is 12.8 Å². The van der Waals surface area contributed by atoms with Gasteiger partial charge in [0.1, 0.15) is 22.7 Å². The summed E-state index contributed by atoms with van der Waals surface area (Å²) < 4.78 is 20.3. The van der Waals surface area contributed by atoms with E-state index >= 15 is 0 Å². The van der Waals surface area contributed by atoms with Crippen molar-refractivity contribution in [1.29, 1.82) is 0 Å². The molecule has 0 fully saturated rings. The summed E-state index contributed by atoms with van der Waals surface area (Å²) in [5.41, 5.74) is 1.91. The van der Waals surface area contributed by atoms with Crippen LogP contribution in [0.3, 0.4) is 0 Å². The summed E-state index contributed by atoms with van der Waals surface area (Å²) in [6.07, 6.45) is 3.71. The van der Waals surface area contributed by atoms with Gasteiger partial charge in [-0.25, -0.2) is 9.37 Å². The molecule has 1 aliphatic heterocycles. The van der Waals surface area contributed by atoms with Gasteiger partial charge >= 0.3 is 0 Å². The summed E-state index contributed by atoms with van der Waals surface area (Å²) in [5.74, 6) is 0.0113. The molecule has 1 unspecified atom stereocenters. The topological polar surface area (TPSA) is 68.3 Å². The van der Waals surface area contributed by atoms with Crippen LogP contribution in [0.2, 0.25) is 0 Å². The third kappa shape index (κ3) is 4.11. The number of thiophene rings is 1. The number of ether oxygens (including phenoxy) is 1. The third-order valence-electron chi connectivity index (χ3n) is 4.78. The Labute approximate surface area is 181 Å². The number of benzene rings is 1. The molecule has 2 aromatic heterocycles. The van der Waals surface area contributed by atoms with Crippen LogP contribution in [0, 0.1) is 5.82 Å². The zero-order chi connectivity index (χ0) is 21.3. The SMILES string of the molecule is CSc1ncccc1C(=O)NCC1Cc2cc(F)cc(-c3ccc(C(C)=O)s3)c2O1. The van der Waals surface area contributed by atoms with E-state index in [9.17, 15) is 14.0 Å². The molecule has 5 nitrogen and oxygen atoms in total. The molecular formula is C22H19FN2O3S2. The number of nitrogens with zero attached hydrogens (tertiary/aromatic N) is 1. The van der Waals surface area contributed by atoms with E-state index in [2.05, 4.69) is 10.3 Å². The lowest BCUT2D eigenvalue weighted by molar-refractivity contribution is 0.0929. The minimum atomic E-state index is -0.352. The number of hydrogen-bond acceptors (Lipinski definition) is 6. The maximum absolute atomic E-state index is 14.2. The minimum Gasteiger partial charge on any atom is -0.487 e. The highest BCUT2D eigenvalue weighted by molar-refractivity contribution is 7.98. The number of nitrogens with one attached hydrogen (secondary N) is 1. The van der Waals surface area contributed by atoms with Crippen molar-refractivity contribution in [2.45, 2.75) is 24.5 Å². The Morgan fingerprint density at radius 2 is 2.17 bits per heavy atom. The van der Waals surface area contributed by atoms with E-state index in [4.69, 9.17) is 4.74 Å². The number of pyridine rings is 1. The van der Waals surface area contributed by atoms with Crippen LogP contribution in [-0.4, -0.2) is 35.6 Å². The zero-order valence-electron chi connectivity index (χ0n) is 16.4. The van der Waals surface area contributed by atoms with E-state index in [1.807, 2.05) is 6.26 Å². The van der Waals surface area contributed by atoms with Crippen molar-refractivity contribution >= 4 is 34.8 Å². The number of ketones is 1. The van der Waals surface area contributed by atoms with Gasteiger partial charge < -0.3 is 10.1 Å². The first-order chi connectivity index (χ1) is 14.5. The van der Waals surface area contributed by atoms with Crippen LogP contribution in [0.4, 0.5) is 4.39 Å². The predicted octanol–water partition coefficient (Wildman–Crippen LogP) is 4.61. The number of halogens is 1. The summed E-state index contributed by atoms with van der Waals surface area (Å²) in [5, 5.41) is 3.55. The average Bonchev–Trinajstić information content (AvgIpc) is 3.38. The highest BCUT2D eigenvalue weighted by Crippen LogP contribution is 2.42. The molecule has 3 aromatic rings. The second-order valence-corrected chi connectivity index (χ2v) is 8.75. The van der Waals surface area contributed by atoms with Gasteiger partial charge in [-0.05, 0) is 49.6 Å². The summed E-state index contributed by atoms with van der Waals surface area (Å²) in [4.78, 5) is 29.8. The number of aromatic nitrogens is 1. The lowest BCUT2D eigenvalue weighted by atomic mass is 10.0. The van der Waals surface area contributed by atoms with Gasteiger partial charge in [-0.3, -0.25) is 9.59 Å². The molecule has 8 heteroatoms. The first kappa shape index (κ1) is 20.6. The number of thioether (sulfide) groups is 1. The van der Waals surface area contributed by atoms with E-state index in [-0.39, 0.29) is 23.6 Å². The number of carbonyl (C=O) groups excluding carboxylic acids is 2. The van der Waals surface area contributed by atoms with Crippen molar-refractivity contribution in [2.24, 2.45) is 0 Å². The van der Waals surface area contributed by atoms with Gasteiger partial charge in [-0.15, -0.1) is 23.1 Å². The largest absolute Gasteiger partial charge is 0.487 e. The van der Waals surface area contributed by atoms with Crippen LogP contribution in [0.25, 0.3) is 10.4 Å². The first-order valence-electron chi connectivity index (χ1n) is 9.33. The molecule has 0 saturated carbocycles. The fourth-order valence-corrected chi connectivity index (χ4v) is 4.85. The maximum atomic E-state index is 14.2. The smallest absolute Gasteiger partial charge is 0.254 e. The molecule has 1 aliphatic rings. The maximum Gasteiger partial charge on any atom is 0.254 e. The second-order valence-electron chi connectivity index (χ2n) is 6.88. The summed E-state index contributed by atoms with van der Waals surface area (Å²) in [6.45, 7) is 1.80. The quantitative estimate of drug-likeness (QED) is 0.446. The molecule has 154 valence electrons. The number of hydrogen-bond donors (Lipinski definition) is 1. The van der Waals surface area contributed by atoms with Crippen LogP contribution in [0.15, 0.2) is 47.6 Å². The molecule has 30 heavy (non-hydrogen) atoms. The highest BCUT2D eigenvalue weighted by Gasteiger charge is 2.28. The van der Waals surface area contributed by atoms with Gasteiger partial charge in [0.05, 0.1) is 17.0 Å². The molecule has 1 N–H and O–H groups in total. The van der Waals surface area contributed by atoms with Gasteiger partial charge in [0.2, 0.25) is 0 Å². The Morgan fingerprint density at radius 3 is 2.90 bits per heavy atom. The Hall–Kier alpha value is -2.71. The van der Waals surface area contributed by atoms with Gasteiger partial charge in [0.25, 0.3) is 5.91 Å². The molecule has 0 spiro atoms. The standard InChI is InChI=1S/C22H19FN2O3S2/c1-12(26)18-5-6-19(30-18)17-10-14(23)8-13-9-15(28-20(13)17)11-25-21(27)16-4-3-7-24-22(16)29-2/h3-8,10,15H,9,11H2,1-2H3,(H,25,27). The van der Waals surface area contributed by atoms with Crippen LogP contribution in [0.1, 0.15) is 32.5 Å². The number of rotatable bonds is 6. The van der Waals surface area contributed by atoms with Crippen LogP contribution < -0.4 is 10.1 Å². The van der Waals surface area contributed by atoms with Crippen molar-refractivity contribution < 1.29 is 18.7 Å². The molecule has 1 aromatic carbocycles. The minimum absolute atomic E-state index is 0.0270. The summed E-state index contributed by atoms with van der Waals surface area (Å²) in [6, 6.07) is 9.89. The molecule has 1 atom stereocenters. The molecular weight excluding hydrogens is 423 g/mol. The molecule has 4 rings (SSSR count). The monoisotopic (exact) mass is 442 g/mol. The molecule has 3 heterocycles. The van der Waals surface area contributed by atoms with Crippen molar-refractivity contribution in [1.82, 2.24) is 10.3 Å². The molecule has 0 radical (unpaired) electrons. The fourth-order valence-electron chi connectivity index (χ4n) is 3.39. The third-order valence-corrected chi connectivity index (χ3v) is 6.71. The lowest BCUT2D eigenvalue weighted by Crippen LogP contribution is -2.34. The zero-order valence-corrected chi connectivity index (χ0v) is 18.0. The Morgan fingerprint density at radius 1 is 1.33 bits per heavy atom. The van der Waals surface area contributed by atoms with E-state index in [1.54, 1.807) is 30.5 Å². The average molecular weight is 443 g/mol. The lowest BCUT2D eigenvalue weighted by Gasteiger charge is -2.14. The molecule has 0 aliphatic carbocycles. The van der Waals surface area contributed by atoms with Crippen LogP contribution in [0.5, 0.6) is 5.75 Å². The summed E-state index contributed by atoms with van der Waals surface area (Å²) in [7, 11) is 0. The van der Waals surface area contributed by atoms with E-state index in [0.29, 0.717) is 39.7 Å². The van der Waals surface area contributed by atoms with Gasteiger partial charge in [-0.1, -0.05) is 0 Å². The Kier molecular flexibility index (Phi) is 5.87. The normalized spacial score (nSPS) is 14.8. The van der Waals surface area contributed by atoms with E-state index in [1.165, 1.54) is 42.2 Å².